The zero-order chi connectivity index (χ0) is 14.3. The molecule has 20 heavy (non-hydrogen) atoms. The summed E-state index contributed by atoms with van der Waals surface area (Å²) in [5, 5.41) is 9.18. The number of carbonyl (C=O) groups is 1. The lowest BCUT2D eigenvalue weighted by atomic mass is 9.99. The highest BCUT2D eigenvalue weighted by molar-refractivity contribution is 5.71. The third-order valence-electron chi connectivity index (χ3n) is 4.42. The number of hydrogen-bond acceptors (Lipinski definition) is 3. The summed E-state index contributed by atoms with van der Waals surface area (Å²) in [4.78, 5) is 13.4. The average molecular weight is 275 g/mol. The number of ether oxygens (including phenoxy) is 1. The van der Waals surface area contributed by atoms with Crippen LogP contribution in [0.4, 0.5) is 0 Å². The third-order valence-corrected chi connectivity index (χ3v) is 4.42. The molecule has 3 atom stereocenters. The molecule has 3 unspecified atom stereocenters. The lowest BCUT2D eigenvalue weighted by Gasteiger charge is -2.19. The zero-order valence-corrected chi connectivity index (χ0v) is 12.0. The van der Waals surface area contributed by atoms with Crippen LogP contribution in [0.3, 0.4) is 0 Å². The Morgan fingerprint density at radius 2 is 2.25 bits per heavy atom. The van der Waals surface area contributed by atoms with Gasteiger partial charge in [-0.15, -0.1) is 0 Å². The maximum Gasteiger partial charge on any atom is 0.308 e. The summed E-state index contributed by atoms with van der Waals surface area (Å²) in [5.74, 6) is 0.299. The van der Waals surface area contributed by atoms with Crippen molar-refractivity contribution < 1.29 is 14.6 Å². The van der Waals surface area contributed by atoms with Crippen molar-refractivity contribution in [1.82, 2.24) is 4.90 Å². The summed E-state index contributed by atoms with van der Waals surface area (Å²) in [6.07, 6.45) is 1.09. The number of fused-ring (bicyclic) bond motifs is 1. The molecular weight excluding hydrogens is 254 g/mol. The lowest BCUT2D eigenvalue weighted by Crippen LogP contribution is -2.34. The van der Waals surface area contributed by atoms with Crippen LogP contribution in [-0.2, 0) is 11.2 Å². The molecule has 0 aromatic heterocycles. The van der Waals surface area contributed by atoms with Crippen LogP contribution in [0.2, 0.25) is 0 Å². The summed E-state index contributed by atoms with van der Waals surface area (Å²) < 4.78 is 5.97. The van der Waals surface area contributed by atoms with Gasteiger partial charge in [0.25, 0.3) is 0 Å². The molecule has 0 saturated carbocycles. The Morgan fingerprint density at radius 3 is 2.95 bits per heavy atom. The van der Waals surface area contributed by atoms with Gasteiger partial charge in [0.2, 0.25) is 0 Å². The van der Waals surface area contributed by atoms with Crippen LogP contribution in [0, 0.1) is 18.8 Å². The van der Waals surface area contributed by atoms with Crippen LogP contribution in [0.25, 0.3) is 0 Å². The molecule has 1 aromatic carbocycles. The van der Waals surface area contributed by atoms with Gasteiger partial charge in [-0.25, -0.2) is 0 Å². The summed E-state index contributed by atoms with van der Waals surface area (Å²) in [5.41, 5.74) is 2.53. The van der Waals surface area contributed by atoms with Gasteiger partial charge in [-0.05, 0) is 24.5 Å². The van der Waals surface area contributed by atoms with Gasteiger partial charge in [0.15, 0.2) is 0 Å². The van der Waals surface area contributed by atoms with Crippen molar-refractivity contribution in [2.24, 2.45) is 11.8 Å². The molecule has 0 radical (unpaired) electrons. The predicted octanol–water partition coefficient (Wildman–Crippen LogP) is 1.95. The van der Waals surface area contributed by atoms with E-state index >= 15 is 0 Å². The molecule has 2 aliphatic rings. The van der Waals surface area contributed by atoms with Crippen LogP contribution in [0.15, 0.2) is 18.2 Å². The molecule has 2 heterocycles. The predicted molar refractivity (Wildman–Crippen MR) is 76.0 cm³/mol. The Balaban J connectivity index is 1.60. The zero-order valence-electron chi connectivity index (χ0n) is 12.0. The molecule has 0 spiro atoms. The van der Waals surface area contributed by atoms with Crippen LogP contribution in [0.5, 0.6) is 5.75 Å². The van der Waals surface area contributed by atoms with Crippen LogP contribution in [0.1, 0.15) is 18.1 Å². The average Bonchev–Trinajstić information content (AvgIpc) is 2.92. The molecule has 1 saturated heterocycles. The first kappa shape index (κ1) is 13.4. The Labute approximate surface area is 119 Å². The summed E-state index contributed by atoms with van der Waals surface area (Å²) >= 11 is 0. The second-order valence-corrected chi connectivity index (χ2v) is 6.20. The molecule has 1 aromatic rings. The minimum absolute atomic E-state index is 0.159. The van der Waals surface area contributed by atoms with E-state index < -0.39 is 5.97 Å². The minimum atomic E-state index is -0.675. The monoisotopic (exact) mass is 275 g/mol. The highest BCUT2D eigenvalue weighted by atomic mass is 16.5. The minimum Gasteiger partial charge on any atom is -0.488 e. The van der Waals surface area contributed by atoms with Gasteiger partial charge in [-0.3, -0.25) is 9.69 Å². The van der Waals surface area contributed by atoms with Gasteiger partial charge in [0, 0.05) is 26.1 Å². The van der Waals surface area contributed by atoms with E-state index in [-0.39, 0.29) is 17.9 Å². The van der Waals surface area contributed by atoms with Crippen molar-refractivity contribution in [3.8, 4) is 5.75 Å². The second-order valence-electron chi connectivity index (χ2n) is 6.20. The molecule has 1 N–H and O–H groups in total. The normalized spacial score (nSPS) is 29.2. The first-order chi connectivity index (χ1) is 9.52. The Hall–Kier alpha value is -1.55. The maximum atomic E-state index is 11.2. The topological polar surface area (TPSA) is 49.8 Å². The fourth-order valence-corrected chi connectivity index (χ4v) is 3.38. The first-order valence-corrected chi connectivity index (χ1v) is 7.24. The van der Waals surface area contributed by atoms with Crippen LogP contribution < -0.4 is 4.74 Å². The standard InChI is InChI=1S/C16H21NO3/c1-10-3-4-15-12(5-10)6-13(20-15)8-17-7-11(2)14(9-17)16(18)19/h3-5,11,13-14H,6-9H2,1-2H3,(H,18,19). The van der Waals surface area contributed by atoms with Crippen molar-refractivity contribution in [3.05, 3.63) is 29.3 Å². The van der Waals surface area contributed by atoms with Gasteiger partial charge >= 0.3 is 5.97 Å². The van der Waals surface area contributed by atoms with Crippen molar-refractivity contribution in [2.45, 2.75) is 26.4 Å². The maximum absolute atomic E-state index is 11.2. The van der Waals surface area contributed by atoms with Crippen molar-refractivity contribution in [1.29, 1.82) is 0 Å². The fraction of sp³-hybridized carbons (Fsp3) is 0.562. The number of hydrogen-bond donors (Lipinski definition) is 1. The van der Waals surface area contributed by atoms with Gasteiger partial charge in [0.05, 0.1) is 5.92 Å². The van der Waals surface area contributed by atoms with Crippen molar-refractivity contribution >= 4 is 5.97 Å². The molecule has 3 rings (SSSR count). The number of carboxylic acids is 1. The molecule has 0 bridgehead atoms. The van der Waals surface area contributed by atoms with E-state index in [1.807, 2.05) is 13.0 Å². The number of benzene rings is 1. The van der Waals surface area contributed by atoms with E-state index in [9.17, 15) is 9.90 Å². The second kappa shape index (κ2) is 5.09. The smallest absolute Gasteiger partial charge is 0.308 e. The first-order valence-electron chi connectivity index (χ1n) is 7.24. The number of rotatable bonds is 3. The molecule has 0 amide bonds. The molecule has 2 aliphatic heterocycles. The lowest BCUT2D eigenvalue weighted by molar-refractivity contribution is -0.142. The largest absolute Gasteiger partial charge is 0.488 e. The fourth-order valence-electron chi connectivity index (χ4n) is 3.38. The van der Waals surface area contributed by atoms with Crippen LogP contribution in [-0.4, -0.2) is 41.7 Å². The molecule has 4 nitrogen and oxygen atoms in total. The molecular formula is C16H21NO3. The van der Waals surface area contributed by atoms with Crippen LogP contribution >= 0.6 is 0 Å². The highest BCUT2D eigenvalue weighted by Gasteiger charge is 2.36. The van der Waals surface area contributed by atoms with E-state index in [4.69, 9.17) is 4.74 Å². The molecule has 4 heteroatoms. The Bertz CT molecular complexity index is 528. The number of nitrogens with zero attached hydrogens (tertiary/aromatic N) is 1. The molecule has 0 aliphatic carbocycles. The summed E-state index contributed by atoms with van der Waals surface area (Å²) in [7, 11) is 0. The third kappa shape index (κ3) is 2.52. The van der Waals surface area contributed by atoms with Gasteiger partial charge in [-0.2, -0.15) is 0 Å². The number of aryl methyl sites for hydroxylation is 1. The highest BCUT2D eigenvalue weighted by Crippen LogP contribution is 2.31. The van der Waals surface area contributed by atoms with E-state index in [2.05, 4.69) is 24.0 Å². The van der Waals surface area contributed by atoms with Gasteiger partial charge in [0.1, 0.15) is 11.9 Å². The van der Waals surface area contributed by atoms with E-state index in [1.165, 1.54) is 11.1 Å². The number of likely N-dealkylation sites (tertiary alicyclic amines) is 1. The number of carboxylic acid groups (broad SMARTS) is 1. The van der Waals surface area contributed by atoms with Gasteiger partial charge < -0.3 is 9.84 Å². The molecule has 108 valence electrons. The van der Waals surface area contributed by atoms with E-state index in [0.29, 0.717) is 6.54 Å². The van der Waals surface area contributed by atoms with E-state index in [0.717, 1.165) is 25.3 Å². The van der Waals surface area contributed by atoms with Crippen molar-refractivity contribution in [2.75, 3.05) is 19.6 Å². The SMILES string of the molecule is Cc1ccc2c(c1)CC(CN1CC(C)C(C(=O)O)C1)O2. The summed E-state index contributed by atoms with van der Waals surface area (Å²) in [6.45, 7) is 6.43. The van der Waals surface area contributed by atoms with E-state index in [1.54, 1.807) is 0 Å². The summed E-state index contributed by atoms with van der Waals surface area (Å²) in [6, 6.07) is 6.29. The molecule has 1 fully saturated rings. The Morgan fingerprint density at radius 1 is 1.45 bits per heavy atom. The number of aliphatic carboxylic acids is 1. The Kier molecular flexibility index (Phi) is 3.42. The van der Waals surface area contributed by atoms with Crippen molar-refractivity contribution in [3.63, 3.8) is 0 Å². The quantitative estimate of drug-likeness (QED) is 0.916. The van der Waals surface area contributed by atoms with Gasteiger partial charge in [-0.1, -0.05) is 24.6 Å².